The number of oxime groups is 1. The molecule has 0 bridgehead atoms. The Hall–Kier alpha value is -3.41. The van der Waals surface area contributed by atoms with Gasteiger partial charge in [0, 0.05) is 28.5 Å². The lowest BCUT2D eigenvalue weighted by atomic mass is 9.88. The van der Waals surface area contributed by atoms with Crippen LogP contribution in [0.5, 0.6) is 0 Å². The van der Waals surface area contributed by atoms with Crippen LogP contribution < -0.4 is 0 Å². The summed E-state index contributed by atoms with van der Waals surface area (Å²) >= 11 is 0. The molecule has 43 heavy (non-hydrogen) atoms. The molecule has 0 unspecified atom stereocenters. The standard InChI is InChI=1S/C35H50N4O4/c1-35(2,26-37-33(40)29-18-14-16-28-17-15-19-30(32(28)29)34(37)41)27-39(5,6)23-11-9-7-8-10-21-38(3,4)22-12-13-24-42-31-20-25-43-36-31/h14-19H,7-11,20-27H2,1-6H3/q+2. The predicted molar refractivity (Wildman–Crippen MR) is 172 cm³/mol. The van der Waals surface area contributed by atoms with Crippen LogP contribution in [0.25, 0.3) is 10.8 Å². The summed E-state index contributed by atoms with van der Waals surface area (Å²) in [6, 6.07) is 11.4. The molecular formula is C35H50N4O4+2. The van der Waals surface area contributed by atoms with E-state index in [4.69, 9.17) is 9.57 Å². The number of ether oxygens (including phenoxy) is 1. The average Bonchev–Trinajstić information content (AvgIpc) is 3.46. The number of hydrogen-bond donors (Lipinski definition) is 0. The van der Waals surface area contributed by atoms with Crippen LogP contribution in [0.1, 0.15) is 73.1 Å². The van der Waals surface area contributed by atoms with Gasteiger partial charge in [0.2, 0.25) is 5.90 Å². The number of imide groups is 1. The smallest absolute Gasteiger partial charge is 0.261 e. The van der Waals surface area contributed by atoms with E-state index in [0.29, 0.717) is 36.8 Å². The van der Waals surface area contributed by atoms with Crippen molar-refractivity contribution < 1.29 is 28.1 Å². The number of benzene rings is 2. The Kier molecular flexibility index (Phi) is 10.5. The third-order valence-corrected chi connectivity index (χ3v) is 8.34. The topological polar surface area (TPSA) is 68.2 Å². The van der Waals surface area contributed by atoms with Crippen molar-refractivity contribution in [2.75, 3.05) is 74.1 Å². The summed E-state index contributed by atoms with van der Waals surface area (Å²) in [6.45, 7) is 9.60. The maximum atomic E-state index is 13.4. The highest BCUT2D eigenvalue weighted by atomic mass is 16.7. The minimum absolute atomic E-state index is 0.180. The maximum Gasteiger partial charge on any atom is 0.261 e. The lowest BCUT2D eigenvalue weighted by molar-refractivity contribution is -0.896. The first kappa shape index (κ1) is 32.5. The van der Waals surface area contributed by atoms with Crippen molar-refractivity contribution in [3.05, 3.63) is 47.5 Å². The third-order valence-electron chi connectivity index (χ3n) is 8.34. The van der Waals surface area contributed by atoms with Gasteiger partial charge >= 0.3 is 0 Å². The quantitative estimate of drug-likeness (QED) is 0.129. The number of carbonyl (C=O) groups is 2. The van der Waals surface area contributed by atoms with Gasteiger partial charge in [0.05, 0.1) is 54.2 Å². The SMILES string of the molecule is CC(C)(CN1C(=O)c2cccc3cccc(c23)C1=O)C[N+](C)(C)CCCCCCC[N+](C)(C)CC#CCOC1=NOCC1. The van der Waals surface area contributed by atoms with E-state index in [1.807, 2.05) is 36.4 Å². The van der Waals surface area contributed by atoms with Crippen LogP contribution in [-0.2, 0) is 9.57 Å². The average molecular weight is 591 g/mol. The van der Waals surface area contributed by atoms with Gasteiger partial charge in [-0.1, -0.05) is 55.6 Å². The molecule has 0 fully saturated rings. The molecule has 2 aliphatic rings. The summed E-state index contributed by atoms with van der Waals surface area (Å²) in [6.07, 6.45) is 6.76. The minimum Gasteiger partial charge on any atom is -0.465 e. The Morgan fingerprint density at radius 1 is 0.884 bits per heavy atom. The van der Waals surface area contributed by atoms with Gasteiger partial charge in [0.15, 0.2) is 6.61 Å². The summed E-state index contributed by atoms with van der Waals surface area (Å²) in [7, 11) is 8.99. The van der Waals surface area contributed by atoms with E-state index in [1.54, 1.807) is 0 Å². The molecule has 0 saturated heterocycles. The Bertz CT molecular complexity index is 1350. The Balaban J connectivity index is 1.15. The summed E-state index contributed by atoms with van der Waals surface area (Å²) < 4.78 is 7.23. The fourth-order valence-corrected chi connectivity index (χ4v) is 6.46. The van der Waals surface area contributed by atoms with Crippen molar-refractivity contribution in [1.82, 2.24) is 4.90 Å². The molecule has 232 valence electrons. The van der Waals surface area contributed by atoms with Crippen molar-refractivity contribution in [2.24, 2.45) is 10.6 Å². The molecule has 0 saturated carbocycles. The molecule has 0 atom stereocenters. The molecule has 2 aromatic rings. The van der Waals surface area contributed by atoms with Gasteiger partial charge in [-0.05, 0) is 49.1 Å². The number of unbranched alkanes of at least 4 members (excludes halogenated alkanes) is 4. The van der Waals surface area contributed by atoms with Crippen molar-refractivity contribution in [3.8, 4) is 11.8 Å². The number of carbonyl (C=O) groups excluding carboxylic acids is 2. The normalized spacial score (nSPS) is 15.3. The first-order valence-electron chi connectivity index (χ1n) is 15.7. The van der Waals surface area contributed by atoms with E-state index in [2.05, 4.69) is 59.0 Å². The Morgan fingerprint density at radius 3 is 2.09 bits per heavy atom. The van der Waals surface area contributed by atoms with Crippen LogP contribution in [0.4, 0.5) is 0 Å². The highest BCUT2D eigenvalue weighted by molar-refractivity contribution is 6.25. The van der Waals surface area contributed by atoms with Gasteiger partial charge in [-0.3, -0.25) is 14.5 Å². The second kappa shape index (κ2) is 13.9. The number of nitrogens with zero attached hydrogens (tertiary/aromatic N) is 4. The molecule has 8 nitrogen and oxygen atoms in total. The van der Waals surface area contributed by atoms with Crippen LogP contribution in [0.15, 0.2) is 41.6 Å². The second-order valence-electron chi connectivity index (χ2n) is 14.2. The fraction of sp³-hybridized carbons (Fsp3) is 0.571. The molecular weight excluding hydrogens is 540 g/mol. The maximum absolute atomic E-state index is 13.4. The van der Waals surface area contributed by atoms with Gasteiger partial charge < -0.3 is 18.5 Å². The third kappa shape index (κ3) is 9.04. The van der Waals surface area contributed by atoms with E-state index in [-0.39, 0.29) is 17.2 Å². The van der Waals surface area contributed by atoms with Gasteiger partial charge in [-0.2, -0.15) is 0 Å². The van der Waals surface area contributed by atoms with Crippen LogP contribution in [0.2, 0.25) is 0 Å². The molecule has 2 aliphatic heterocycles. The number of quaternary nitrogens is 2. The van der Waals surface area contributed by atoms with Crippen LogP contribution in [0, 0.1) is 17.3 Å². The monoisotopic (exact) mass is 590 g/mol. The van der Waals surface area contributed by atoms with Crippen molar-refractivity contribution in [3.63, 3.8) is 0 Å². The fourth-order valence-electron chi connectivity index (χ4n) is 6.46. The molecule has 2 amide bonds. The van der Waals surface area contributed by atoms with Gasteiger partial charge in [0.1, 0.15) is 13.2 Å². The number of hydrogen-bond acceptors (Lipinski definition) is 5. The number of rotatable bonds is 14. The highest BCUT2D eigenvalue weighted by Gasteiger charge is 2.38. The zero-order chi connectivity index (χ0) is 31.1. The van der Waals surface area contributed by atoms with Crippen molar-refractivity contribution >= 4 is 28.5 Å². The van der Waals surface area contributed by atoms with E-state index in [9.17, 15) is 9.59 Å². The zero-order valence-corrected chi connectivity index (χ0v) is 27.1. The van der Waals surface area contributed by atoms with E-state index in [1.165, 1.54) is 37.0 Å². The Morgan fingerprint density at radius 2 is 1.49 bits per heavy atom. The van der Waals surface area contributed by atoms with Crippen molar-refractivity contribution in [2.45, 2.75) is 52.4 Å². The molecule has 4 rings (SSSR count). The lowest BCUT2D eigenvalue weighted by Gasteiger charge is -2.40. The zero-order valence-electron chi connectivity index (χ0n) is 27.1. The molecule has 0 aliphatic carbocycles. The highest BCUT2D eigenvalue weighted by Crippen LogP contribution is 2.32. The second-order valence-corrected chi connectivity index (χ2v) is 14.2. The van der Waals surface area contributed by atoms with Gasteiger partial charge in [-0.25, -0.2) is 0 Å². The number of amides is 2. The van der Waals surface area contributed by atoms with Gasteiger partial charge in [0.25, 0.3) is 11.8 Å². The van der Waals surface area contributed by atoms with Gasteiger partial charge in [-0.15, -0.1) is 0 Å². The summed E-state index contributed by atoms with van der Waals surface area (Å²) in [5.41, 5.74) is 1.04. The van der Waals surface area contributed by atoms with E-state index >= 15 is 0 Å². The molecule has 0 radical (unpaired) electrons. The van der Waals surface area contributed by atoms with Crippen LogP contribution in [0.3, 0.4) is 0 Å². The largest absolute Gasteiger partial charge is 0.465 e. The summed E-state index contributed by atoms with van der Waals surface area (Å²) in [4.78, 5) is 33.2. The first-order chi connectivity index (χ1) is 20.4. The first-order valence-corrected chi connectivity index (χ1v) is 15.7. The van der Waals surface area contributed by atoms with Crippen LogP contribution >= 0.6 is 0 Å². The minimum atomic E-state index is -0.216. The lowest BCUT2D eigenvalue weighted by Crippen LogP contribution is -2.52. The van der Waals surface area contributed by atoms with E-state index in [0.717, 1.165) is 52.3 Å². The summed E-state index contributed by atoms with van der Waals surface area (Å²) in [5, 5.41) is 5.54. The molecule has 0 spiro atoms. The summed E-state index contributed by atoms with van der Waals surface area (Å²) in [5.74, 6) is 6.62. The molecule has 8 heteroatoms. The molecule has 2 heterocycles. The molecule has 0 N–H and O–H groups in total. The van der Waals surface area contributed by atoms with E-state index < -0.39 is 0 Å². The van der Waals surface area contributed by atoms with Crippen molar-refractivity contribution in [1.29, 1.82) is 0 Å². The molecule has 0 aromatic heterocycles. The van der Waals surface area contributed by atoms with Crippen LogP contribution in [-0.4, -0.2) is 106 Å². The Labute approximate surface area is 257 Å². The predicted octanol–water partition coefficient (Wildman–Crippen LogP) is 5.32. The molecule has 2 aromatic carbocycles.